The first kappa shape index (κ1) is 18.3. The van der Waals surface area contributed by atoms with Crippen LogP contribution in [0.2, 0.25) is 5.15 Å². The van der Waals surface area contributed by atoms with Crippen molar-refractivity contribution in [1.82, 2.24) is 14.4 Å². The van der Waals surface area contributed by atoms with Crippen molar-refractivity contribution in [1.29, 1.82) is 0 Å². The van der Waals surface area contributed by atoms with E-state index in [1.807, 2.05) is 0 Å². The highest BCUT2D eigenvalue weighted by atomic mass is 35.5. The normalized spacial score (nSPS) is 12.7. The number of alkyl halides is 5. The van der Waals surface area contributed by atoms with Gasteiger partial charge in [0.1, 0.15) is 16.4 Å². The van der Waals surface area contributed by atoms with Gasteiger partial charge in [-0.3, -0.25) is 4.40 Å². The van der Waals surface area contributed by atoms with Crippen molar-refractivity contribution in [3.63, 3.8) is 0 Å². The first-order chi connectivity index (χ1) is 12.1. The first-order valence-corrected chi connectivity index (χ1v) is 7.54. The third-order valence-corrected chi connectivity index (χ3v) is 3.74. The number of carbonyl (C=O) groups excluding carboxylic acids is 1. The van der Waals surface area contributed by atoms with Crippen molar-refractivity contribution in [2.24, 2.45) is 0 Å². The summed E-state index contributed by atoms with van der Waals surface area (Å²) in [4.78, 5) is 19.5. The van der Waals surface area contributed by atoms with Gasteiger partial charge in [-0.05, 0) is 25.1 Å². The largest absolute Gasteiger partial charge is 0.461 e. The minimum Gasteiger partial charge on any atom is -0.461 e. The van der Waals surface area contributed by atoms with Crippen molar-refractivity contribution in [3.8, 4) is 0 Å². The van der Waals surface area contributed by atoms with E-state index in [1.54, 1.807) is 6.92 Å². The summed E-state index contributed by atoms with van der Waals surface area (Å²) in [5, 5.41) is -1.03. The van der Waals surface area contributed by atoms with E-state index in [9.17, 15) is 26.7 Å². The zero-order valence-electron chi connectivity index (χ0n) is 12.9. The molecular weight excluding hydrogens is 385 g/mol. The molecule has 3 rings (SSSR count). The van der Waals surface area contributed by atoms with E-state index >= 15 is 0 Å². The summed E-state index contributed by atoms with van der Waals surface area (Å²) in [6.45, 7) is 1.66. The fourth-order valence-electron chi connectivity index (χ4n) is 2.41. The highest BCUT2D eigenvalue weighted by Gasteiger charge is 2.59. The maximum absolute atomic E-state index is 13.9. The lowest BCUT2D eigenvalue weighted by atomic mass is 10.0. The number of aromatic nitrogens is 3. The van der Waals surface area contributed by atoms with Gasteiger partial charge in [-0.1, -0.05) is 11.6 Å². The number of carbonyl (C=O) groups is 1. The monoisotopic (exact) mass is 393 g/mol. The summed E-state index contributed by atoms with van der Waals surface area (Å²) in [6, 6.07) is 2.67. The van der Waals surface area contributed by atoms with Crippen molar-refractivity contribution in [3.05, 3.63) is 40.8 Å². The molecule has 0 aliphatic rings. The van der Waals surface area contributed by atoms with Gasteiger partial charge in [-0.15, -0.1) is 0 Å². The van der Waals surface area contributed by atoms with Crippen LogP contribution in [0.1, 0.15) is 23.0 Å². The van der Waals surface area contributed by atoms with Gasteiger partial charge in [-0.25, -0.2) is 14.8 Å². The van der Waals surface area contributed by atoms with E-state index < -0.39 is 34.2 Å². The zero-order valence-corrected chi connectivity index (χ0v) is 13.7. The number of rotatable bonds is 3. The molecule has 26 heavy (non-hydrogen) atoms. The second-order valence-corrected chi connectivity index (χ2v) is 5.60. The molecule has 0 saturated carbocycles. The number of hydrogen-bond donors (Lipinski definition) is 0. The Balaban J connectivity index is 2.31. The van der Waals surface area contributed by atoms with Gasteiger partial charge in [-0.2, -0.15) is 22.0 Å². The number of nitrogens with zero attached hydrogens (tertiary/aromatic N) is 3. The van der Waals surface area contributed by atoms with Crippen LogP contribution in [-0.4, -0.2) is 33.1 Å². The van der Waals surface area contributed by atoms with Gasteiger partial charge in [0.05, 0.1) is 6.61 Å². The number of halogens is 6. The van der Waals surface area contributed by atoms with Gasteiger partial charge < -0.3 is 4.74 Å². The van der Waals surface area contributed by atoms with Crippen molar-refractivity contribution < 1.29 is 31.5 Å². The molecule has 0 fully saturated rings. The third-order valence-electron chi connectivity index (χ3n) is 3.55. The molecule has 3 aromatic heterocycles. The molecule has 0 unspecified atom stereocenters. The predicted octanol–water partition coefficient (Wildman–Crippen LogP) is 4.37. The van der Waals surface area contributed by atoms with Crippen molar-refractivity contribution >= 4 is 34.3 Å². The Morgan fingerprint density at radius 1 is 1.23 bits per heavy atom. The molecule has 0 aliphatic carbocycles. The molecule has 3 aromatic rings. The summed E-state index contributed by atoms with van der Waals surface area (Å²) in [5.74, 6) is -5.91. The molecule has 0 spiro atoms. The molecule has 3 heterocycles. The average molecular weight is 394 g/mol. The van der Waals surface area contributed by atoms with Crippen LogP contribution in [-0.2, 0) is 10.7 Å². The van der Waals surface area contributed by atoms with Crippen LogP contribution in [0.15, 0.2) is 24.4 Å². The second kappa shape index (κ2) is 6.04. The Morgan fingerprint density at radius 3 is 2.54 bits per heavy atom. The molecule has 0 saturated heterocycles. The van der Waals surface area contributed by atoms with E-state index in [4.69, 9.17) is 16.3 Å². The molecule has 0 aromatic carbocycles. The molecule has 0 radical (unpaired) electrons. The number of esters is 1. The Labute approximate surface area is 147 Å². The fourth-order valence-corrected chi connectivity index (χ4v) is 2.60. The van der Waals surface area contributed by atoms with Gasteiger partial charge >= 0.3 is 18.1 Å². The Morgan fingerprint density at radius 2 is 1.92 bits per heavy atom. The highest BCUT2D eigenvalue weighted by molar-refractivity contribution is 6.29. The number of imidazole rings is 1. The van der Waals surface area contributed by atoms with Crippen LogP contribution in [0.3, 0.4) is 0 Å². The SMILES string of the molecule is CCOC(=O)c1cn2c(ccc3c(C(F)(F)C(F)(F)F)cc(Cl)nc32)n1. The molecular formula is C15H9ClF5N3O2. The minimum absolute atomic E-state index is 0.0828. The summed E-state index contributed by atoms with van der Waals surface area (Å²) in [6.07, 6.45) is -4.68. The molecule has 0 aliphatic heterocycles. The van der Waals surface area contributed by atoms with E-state index in [-0.39, 0.29) is 23.6 Å². The maximum Gasteiger partial charge on any atom is 0.458 e. The fraction of sp³-hybridized carbons (Fsp3) is 0.267. The van der Waals surface area contributed by atoms with Gasteiger partial charge in [0.2, 0.25) is 0 Å². The molecule has 0 N–H and O–H groups in total. The lowest BCUT2D eigenvalue weighted by molar-refractivity contribution is -0.288. The zero-order chi connectivity index (χ0) is 19.3. The Kier molecular flexibility index (Phi) is 4.26. The van der Waals surface area contributed by atoms with Crippen LogP contribution in [0.25, 0.3) is 16.7 Å². The Hall–Kier alpha value is -2.49. The van der Waals surface area contributed by atoms with E-state index in [1.165, 1.54) is 6.07 Å². The van der Waals surface area contributed by atoms with Crippen molar-refractivity contribution in [2.45, 2.75) is 19.0 Å². The van der Waals surface area contributed by atoms with E-state index in [0.29, 0.717) is 6.07 Å². The summed E-state index contributed by atoms with van der Waals surface area (Å²) < 4.78 is 72.1. The molecule has 0 atom stereocenters. The molecule has 138 valence electrons. The molecule has 5 nitrogen and oxygen atoms in total. The van der Waals surface area contributed by atoms with E-state index in [0.717, 1.165) is 16.7 Å². The second-order valence-electron chi connectivity index (χ2n) is 5.21. The van der Waals surface area contributed by atoms with E-state index in [2.05, 4.69) is 9.97 Å². The first-order valence-electron chi connectivity index (χ1n) is 7.16. The third kappa shape index (κ3) is 2.83. The predicted molar refractivity (Wildman–Crippen MR) is 81.4 cm³/mol. The minimum atomic E-state index is -5.81. The Bertz CT molecular complexity index is 1020. The summed E-state index contributed by atoms with van der Waals surface area (Å²) in [7, 11) is 0. The van der Waals surface area contributed by atoms with Crippen LogP contribution in [0, 0.1) is 0 Å². The average Bonchev–Trinajstić information content (AvgIpc) is 2.98. The summed E-state index contributed by atoms with van der Waals surface area (Å²) >= 11 is 5.66. The lowest BCUT2D eigenvalue weighted by Gasteiger charge is -2.21. The van der Waals surface area contributed by atoms with Crippen LogP contribution >= 0.6 is 11.6 Å². The lowest BCUT2D eigenvalue weighted by Crippen LogP contribution is -2.34. The standard InChI is InChI=1S/C15H9ClF5N3O2/c1-2-26-13(25)9-6-24-11(22-9)4-3-7-8(5-10(16)23-12(7)24)14(17,18)15(19,20)21/h3-6H,2H2,1H3. The summed E-state index contributed by atoms with van der Waals surface area (Å²) in [5.41, 5.74) is -1.67. The number of ether oxygens (including phenoxy) is 1. The van der Waals surface area contributed by atoms with Crippen LogP contribution < -0.4 is 0 Å². The topological polar surface area (TPSA) is 56.5 Å². The quantitative estimate of drug-likeness (QED) is 0.377. The number of pyridine rings is 2. The number of hydrogen-bond acceptors (Lipinski definition) is 4. The van der Waals surface area contributed by atoms with Gasteiger partial charge in [0, 0.05) is 17.1 Å². The van der Waals surface area contributed by atoms with Crippen LogP contribution in [0.5, 0.6) is 0 Å². The van der Waals surface area contributed by atoms with Gasteiger partial charge in [0.25, 0.3) is 0 Å². The molecule has 0 amide bonds. The molecule has 11 heteroatoms. The van der Waals surface area contributed by atoms with Crippen molar-refractivity contribution in [2.75, 3.05) is 6.61 Å². The van der Waals surface area contributed by atoms with Gasteiger partial charge in [0.15, 0.2) is 5.69 Å². The maximum atomic E-state index is 13.9. The smallest absolute Gasteiger partial charge is 0.458 e. The highest BCUT2D eigenvalue weighted by Crippen LogP contribution is 2.46. The van der Waals surface area contributed by atoms with Crippen LogP contribution in [0.4, 0.5) is 22.0 Å². The number of fused-ring (bicyclic) bond motifs is 3. The molecule has 0 bridgehead atoms.